The van der Waals surface area contributed by atoms with E-state index in [1.54, 1.807) is 0 Å². The molecule has 0 unspecified atom stereocenters. The van der Waals surface area contributed by atoms with Gasteiger partial charge in [0.05, 0.1) is 17.9 Å². The highest BCUT2D eigenvalue weighted by molar-refractivity contribution is 7.15. The number of morpholine rings is 1. The van der Waals surface area contributed by atoms with Crippen molar-refractivity contribution in [3.63, 3.8) is 0 Å². The van der Waals surface area contributed by atoms with Crippen LogP contribution in [0.25, 0.3) is 4.96 Å². The third kappa shape index (κ3) is 3.64. The Morgan fingerprint density at radius 3 is 2.83 bits per heavy atom. The maximum atomic E-state index is 13.3. The first kappa shape index (κ1) is 19.3. The molecule has 4 heterocycles. The number of imidazole rings is 1. The Morgan fingerprint density at radius 1 is 1.20 bits per heavy atom. The maximum absolute atomic E-state index is 13.3. The van der Waals surface area contributed by atoms with E-state index < -0.39 is 0 Å². The van der Waals surface area contributed by atoms with Gasteiger partial charge in [-0.2, -0.15) is 0 Å². The van der Waals surface area contributed by atoms with Gasteiger partial charge in [0.2, 0.25) is 6.79 Å². The molecule has 0 spiro atoms. The summed E-state index contributed by atoms with van der Waals surface area (Å²) in [4.78, 5) is 20.6. The topological polar surface area (TPSA) is 77.3 Å². The summed E-state index contributed by atoms with van der Waals surface area (Å²) < 4.78 is 18.6. The fourth-order valence-corrected chi connectivity index (χ4v) is 4.78. The number of nitrogens with one attached hydrogen (secondary N) is 1. The van der Waals surface area contributed by atoms with Gasteiger partial charge in [-0.25, -0.2) is 4.98 Å². The molecule has 2 aliphatic rings. The average Bonchev–Trinajstić information content (AvgIpc) is 3.43. The smallest absolute Gasteiger partial charge is 0.274 e. The molecule has 9 heteroatoms. The van der Waals surface area contributed by atoms with Crippen LogP contribution in [0.15, 0.2) is 29.8 Å². The van der Waals surface area contributed by atoms with Crippen molar-refractivity contribution < 1.29 is 19.0 Å². The molecule has 30 heavy (non-hydrogen) atoms. The molecule has 2 aliphatic heterocycles. The highest BCUT2D eigenvalue weighted by Crippen LogP contribution is 2.32. The monoisotopic (exact) mass is 428 g/mol. The summed E-state index contributed by atoms with van der Waals surface area (Å²) in [6, 6.07) is 5.92. The zero-order valence-corrected chi connectivity index (χ0v) is 17.8. The van der Waals surface area contributed by atoms with Crippen LogP contribution < -0.4 is 14.8 Å². The summed E-state index contributed by atoms with van der Waals surface area (Å²) in [5, 5.41) is 5.43. The summed E-state index contributed by atoms with van der Waals surface area (Å²) in [5.74, 6) is 1.51. The van der Waals surface area contributed by atoms with Gasteiger partial charge < -0.3 is 24.4 Å². The number of hydrogen-bond acceptors (Lipinski definition) is 7. The second-order valence-corrected chi connectivity index (χ2v) is 8.59. The zero-order chi connectivity index (χ0) is 20.7. The van der Waals surface area contributed by atoms with E-state index in [2.05, 4.69) is 10.3 Å². The molecule has 8 nitrogen and oxygen atoms in total. The number of thiazole rings is 1. The van der Waals surface area contributed by atoms with Crippen molar-refractivity contribution >= 4 is 22.2 Å². The normalized spacial score (nSPS) is 20.8. The second-order valence-electron chi connectivity index (χ2n) is 7.72. The van der Waals surface area contributed by atoms with Crippen molar-refractivity contribution in [3.05, 3.63) is 46.7 Å². The van der Waals surface area contributed by atoms with Crippen molar-refractivity contribution in [1.29, 1.82) is 0 Å². The first-order valence-electron chi connectivity index (χ1n) is 10.1. The van der Waals surface area contributed by atoms with E-state index in [1.807, 2.05) is 52.9 Å². The molecule has 1 aromatic carbocycles. The Morgan fingerprint density at radius 2 is 2.00 bits per heavy atom. The summed E-state index contributed by atoms with van der Waals surface area (Å²) >= 11 is 1.53. The number of hydrogen-bond donors (Lipinski definition) is 1. The van der Waals surface area contributed by atoms with Gasteiger partial charge in [0.15, 0.2) is 22.2 Å². The first-order valence-corrected chi connectivity index (χ1v) is 10.9. The van der Waals surface area contributed by atoms with Crippen LogP contribution in [-0.4, -0.2) is 52.3 Å². The molecule has 2 aromatic heterocycles. The molecule has 0 aliphatic carbocycles. The Kier molecular flexibility index (Phi) is 5.10. The van der Waals surface area contributed by atoms with E-state index >= 15 is 0 Å². The van der Waals surface area contributed by atoms with Gasteiger partial charge in [0.1, 0.15) is 0 Å². The van der Waals surface area contributed by atoms with Crippen molar-refractivity contribution in [3.8, 4) is 11.5 Å². The van der Waals surface area contributed by atoms with Crippen LogP contribution in [0, 0.1) is 0 Å². The molecule has 1 N–H and O–H groups in total. The lowest BCUT2D eigenvalue weighted by Gasteiger charge is -2.35. The maximum Gasteiger partial charge on any atom is 0.274 e. The molecule has 1 fully saturated rings. The lowest BCUT2D eigenvalue weighted by Crippen LogP contribution is -2.48. The van der Waals surface area contributed by atoms with E-state index in [9.17, 15) is 4.79 Å². The van der Waals surface area contributed by atoms with Gasteiger partial charge in [0, 0.05) is 37.8 Å². The third-order valence-corrected chi connectivity index (χ3v) is 6.09. The first-order chi connectivity index (χ1) is 14.6. The van der Waals surface area contributed by atoms with Crippen LogP contribution in [0.4, 0.5) is 0 Å². The fraction of sp³-hybridized carbons (Fsp3) is 0.429. The number of fused-ring (bicyclic) bond motifs is 2. The molecule has 3 aromatic rings. The van der Waals surface area contributed by atoms with Crippen LogP contribution in [0.3, 0.4) is 0 Å². The summed E-state index contributed by atoms with van der Waals surface area (Å²) in [7, 11) is 0. The largest absolute Gasteiger partial charge is 0.454 e. The number of nitrogens with zero attached hydrogens (tertiary/aromatic N) is 3. The molecule has 1 saturated heterocycles. The quantitative estimate of drug-likeness (QED) is 0.673. The Hall–Kier alpha value is -2.62. The van der Waals surface area contributed by atoms with E-state index in [1.165, 1.54) is 11.3 Å². The van der Waals surface area contributed by atoms with Crippen LogP contribution in [0.1, 0.15) is 35.6 Å². The highest BCUT2D eigenvalue weighted by atomic mass is 32.1. The van der Waals surface area contributed by atoms with Crippen molar-refractivity contribution in [2.75, 3.05) is 19.9 Å². The standard InChI is InChI=1S/C21H24N4O4S/c1-13-10-24(11-14(2)29-13)20(26)19-16(25-5-6-30-21(25)23-19)9-22-8-15-3-4-17-18(7-15)28-12-27-17/h3-7,13-14,22H,8-12H2,1-2H3/t13-,14+. The number of amides is 1. The predicted molar refractivity (Wildman–Crippen MR) is 112 cm³/mol. The third-order valence-electron chi connectivity index (χ3n) is 5.33. The van der Waals surface area contributed by atoms with Gasteiger partial charge in [-0.15, -0.1) is 11.3 Å². The molecule has 158 valence electrons. The lowest BCUT2D eigenvalue weighted by atomic mass is 10.2. The number of rotatable bonds is 5. The molecule has 0 bridgehead atoms. The van der Waals surface area contributed by atoms with Crippen molar-refractivity contribution in [2.45, 2.75) is 39.1 Å². The molecule has 5 rings (SSSR count). The Bertz CT molecular complexity index is 1070. The molecule has 0 saturated carbocycles. The Labute approximate surface area is 178 Å². The number of ether oxygens (including phenoxy) is 3. The number of benzene rings is 1. The van der Waals surface area contributed by atoms with Gasteiger partial charge in [0.25, 0.3) is 5.91 Å². The van der Waals surface area contributed by atoms with Gasteiger partial charge in [-0.05, 0) is 31.5 Å². The number of aromatic nitrogens is 2. The molecular weight excluding hydrogens is 404 g/mol. The van der Waals surface area contributed by atoms with Crippen molar-refractivity contribution in [1.82, 2.24) is 19.6 Å². The molecule has 2 atom stereocenters. The molecule has 1 amide bonds. The predicted octanol–water partition coefficient (Wildman–Crippen LogP) is 2.66. The van der Waals surface area contributed by atoms with E-state index in [0.717, 1.165) is 27.7 Å². The van der Waals surface area contributed by atoms with E-state index in [0.29, 0.717) is 31.9 Å². The summed E-state index contributed by atoms with van der Waals surface area (Å²) in [6.07, 6.45) is 2.01. The summed E-state index contributed by atoms with van der Waals surface area (Å²) in [6.45, 7) is 6.60. The second kappa shape index (κ2) is 7.90. The van der Waals surface area contributed by atoms with Crippen LogP contribution >= 0.6 is 11.3 Å². The average molecular weight is 429 g/mol. The SMILES string of the molecule is C[C@@H]1CN(C(=O)c2nc3sccn3c2CNCc2ccc3c(c2)OCO3)C[C@H](C)O1. The van der Waals surface area contributed by atoms with Crippen LogP contribution in [0.2, 0.25) is 0 Å². The number of carbonyl (C=O) groups is 1. The van der Waals surface area contributed by atoms with Crippen LogP contribution in [0.5, 0.6) is 11.5 Å². The van der Waals surface area contributed by atoms with Crippen LogP contribution in [-0.2, 0) is 17.8 Å². The van der Waals surface area contributed by atoms with Gasteiger partial charge in [-0.3, -0.25) is 9.20 Å². The van der Waals surface area contributed by atoms with E-state index in [-0.39, 0.29) is 24.9 Å². The fourth-order valence-electron chi connectivity index (χ4n) is 4.04. The molecular formula is C21H24N4O4S. The molecule has 0 radical (unpaired) electrons. The zero-order valence-electron chi connectivity index (χ0n) is 17.0. The minimum Gasteiger partial charge on any atom is -0.454 e. The summed E-state index contributed by atoms with van der Waals surface area (Å²) in [5.41, 5.74) is 2.49. The minimum atomic E-state index is -0.0345. The van der Waals surface area contributed by atoms with E-state index in [4.69, 9.17) is 14.2 Å². The van der Waals surface area contributed by atoms with Gasteiger partial charge in [-0.1, -0.05) is 6.07 Å². The highest BCUT2D eigenvalue weighted by Gasteiger charge is 2.30. The number of carbonyl (C=O) groups excluding carboxylic acids is 1. The Balaban J connectivity index is 1.33. The minimum absolute atomic E-state index is 0.0222. The van der Waals surface area contributed by atoms with Crippen molar-refractivity contribution in [2.24, 2.45) is 0 Å². The lowest BCUT2D eigenvalue weighted by molar-refractivity contribution is -0.0587. The van der Waals surface area contributed by atoms with Gasteiger partial charge >= 0.3 is 0 Å².